The van der Waals surface area contributed by atoms with Crippen molar-refractivity contribution in [3.8, 4) is 0 Å². The number of carbonyl (C=O) groups is 4. The number of Topliss-reactive ketones (excluding diaryl/α,β-unsaturated/α-hetero) is 1. The van der Waals surface area contributed by atoms with E-state index in [-0.39, 0.29) is 60.6 Å². The minimum Gasteiger partial charge on any atom is -0.480 e. The molecule has 0 bridgehead atoms. The highest BCUT2D eigenvalue weighted by atomic mass is 35.5. The van der Waals surface area contributed by atoms with E-state index in [1.807, 2.05) is 0 Å². The van der Waals surface area contributed by atoms with Gasteiger partial charge in [-0.05, 0) is 32.6 Å². The number of amides is 2. The molecule has 0 spiro atoms. The first-order chi connectivity index (χ1) is 14.0. The summed E-state index contributed by atoms with van der Waals surface area (Å²) in [5.41, 5.74) is 10.7. The number of hydrogen-bond acceptors (Lipinski definition) is 6. The molecule has 32 heavy (non-hydrogen) atoms. The van der Waals surface area contributed by atoms with Crippen molar-refractivity contribution < 1.29 is 24.3 Å². The van der Waals surface area contributed by atoms with E-state index in [2.05, 4.69) is 10.6 Å². The van der Waals surface area contributed by atoms with E-state index in [9.17, 15) is 24.3 Å². The number of rotatable bonds is 10. The van der Waals surface area contributed by atoms with Crippen molar-refractivity contribution in [3.63, 3.8) is 0 Å². The molecule has 1 saturated heterocycles. The second-order valence-corrected chi connectivity index (χ2v) is 7.20. The van der Waals surface area contributed by atoms with Crippen LogP contribution in [0.4, 0.5) is 0 Å². The molecule has 1 unspecified atom stereocenters. The molecule has 1 rings (SSSR count). The Kier molecular flexibility index (Phi) is 20.8. The quantitative estimate of drug-likeness (QED) is 0.0964. The van der Waals surface area contributed by atoms with Crippen LogP contribution in [0.5, 0.6) is 0 Å². The van der Waals surface area contributed by atoms with Gasteiger partial charge in [0.25, 0.3) is 0 Å². The second-order valence-electron chi connectivity index (χ2n) is 6.67. The molecule has 2 amide bonds. The topological polar surface area (TPSA) is 192 Å². The molecular weight excluding hydrogens is 510 g/mol. The zero-order chi connectivity index (χ0) is 23.3. The number of aliphatic carboxylic acids is 1. The number of carbonyl (C=O) groups excluding carboxylic acids is 3. The highest BCUT2D eigenvalue weighted by Gasteiger charge is 2.36. The van der Waals surface area contributed by atoms with Crippen LogP contribution in [0.15, 0.2) is 0 Å². The lowest BCUT2D eigenvalue weighted by atomic mass is 10.1. The molecule has 0 saturated carbocycles. The summed E-state index contributed by atoms with van der Waals surface area (Å²) < 4.78 is 0. The zero-order valence-corrected chi connectivity index (χ0v) is 20.8. The van der Waals surface area contributed by atoms with Crippen molar-refractivity contribution in [1.29, 1.82) is 5.41 Å². The Balaban J connectivity index is -0.000000926. The highest BCUT2D eigenvalue weighted by molar-refractivity contribution is 6.35. The number of carboxylic acids is 1. The SMILES string of the molecule is CC(N)C(=O)N1CCC[C@H]1C(=O)N[C@@H](CCCNC(=N)N)C(=O)O.Cl.Cl.O=C(CCl)CCl. The van der Waals surface area contributed by atoms with E-state index < -0.39 is 30.0 Å². The molecule has 1 heterocycles. The second kappa shape index (κ2) is 19.0. The van der Waals surface area contributed by atoms with Gasteiger partial charge >= 0.3 is 5.97 Å². The van der Waals surface area contributed by atoms with Crippen LogP contribution >= 0.6 is 48.0 Å². The predicted octanol–water partition coefficient (Wildman–Crippen LogP) is 0.0340. The Bertz CT molecular complexity index is 620. The fourth-order valence-electron chi connectivity index (χ4n) is 2.65. The van der Waals surface area contributed by atoms with Gasteiger partial charge in [-0.3, -0.25) is 19.8 Å². The van der Waals surface area contributed by atoms with Crippen LogP contribution in [0, 0.1) is 5.41 Å². The van der Waals surface area contributed by atoms with Gasteiger partial charge in [0, 0.05) is 13.1 Å². The van der Waals surface area contributed by atoms with Gasteiger partial charge in [-0.2, -0.15) is 0 Å². The fraction of sp³-hybridized carbons (Fsp3) is 0.706. The van der Waals surface area contributed by atoms with Crippen LogP contribution in [-0.2, 0) is 19.2 Å². The molecule has 1 fully saturated rings. The Labute approximate surface area is 209 Å². The number of carboxylic acid groups (broad SMARTS) is 1. The summed E-state index contributed by atoms with van der Waals surface area (Å²) in [4.78, 5) is 47.0. The number of hydrogen-bond donors (Lipinski definition) is 6. The van der Waals surface area contributed by atoms with Gasteiger partial charge in [-0.1, -0.05) is 0 Å². The van der Waals surface area contributed by atoms with E-state index in [1.54, 1.807) is 6.92 Å². The Morgan fingerprint density at radius 2 is 1.78 bits per heavy atom. The number of alkyl halides is 2. The monoisotopic (exact) mass is 540 g/mol. The van der Waals surface area contributed by atoms with Crippen LogP contribution < -0.4 is 22.1 Å². The fourth-order valence-corrected chi connectivity index (χ4v) is 2.94. The molecule has 0 aromatic carbocycles. The van der Waals surface area contributed by atoms with Gasteiger partial charge in [0.05, 0.1) is 17.8 Å². The lowest BCUT2D eigenvalue weighted by molar-refractivity contribution is -0.144. The van der Waals surface area contributed by atoms with Crippen LogP contribution in [0.1, 0.15) is 32.6 Å². The van der Waals surface area contributed by atoms with Gasteiger partial charge in [0.15, 0.2) is 11.7 Å². The summed E-state index contributed by atoms with van der Waals surface area (Å²) >= 11 is 10.0. The van der Waals surface area contributed by atoms with Crippen molar-refractivity contribution in [1.82, 2.24) is 15.5 Å². The van der Waals surface area contributed by atoms with E-state index in [0.717, 1.165) is 0 Å². The maximum Gasteiger partial charge on any atom is 0.326 e. The third-order valence-electron chi connectivity index (χ3n) is 4.13. The molecular formula is C17H32Cl4N6O5. The molecule has 0 aromatic rings. The predicted molar refractivity (Wildman–Crippen MR) is 128 cm³/mol. The van der Waals surface area contributed by atoms with Gasteiger partial charge in [0.1, 0.15) is 12.1 Å². The normalized spacial score (nSPS) is 16.1. The molecule has 11 nitrogen and oxygen atoms in total. The summed E-state index contributed by atoms with van der Waals surface area (Å²) in [6.07, 6.45) is 1.78. The summed E-state index contributed by atoms with van der Waals surface area (Å²) in [5.74, 6) is -2.19. The summed E-state index contributed by atoms with van der Waals surface area (Å²) in [6, 6.07) is -2.44. The molecule has 1 aliphatic rings. The van der Waals surface area contributed by atoms with Crippen LogP contribution in [0.3, 0.4) is 0 Å². The third kappa shape index (κ3) is 13.8. The Hall–Kier alpha value is -1.53. The largest absolute Gasteiger partial charge is 0.480 e. The minimum atomic E-state index is -1.14. The Morgan fingerprint density at radius 3 is 2.19 bits per heavy atom. The minimum absolute atomic E-state index is 0. The standard InChI is InChI=1S/C14H26N6O4.C3H4Cl2O.2ClH/c1-8(15)12(22)20-7-3-5-10(20)11(21)19-9(13(23)24)4-2-6-18-14(16)17;4-1-3(6)2-5;;/h8-10H,2-7,15H2,1H3,(H,19,21)(H,23,24)(H4,16,17,18);1-2H2;2*1H/t8?,9-,10-;;;/m0.../s1. The maximum absolute atomic E-state index is 12.4. The van der Waals surface area contributed by atoms with Crippen molar-refractivity contribution in [2.24, 2.45) is 11.5 Å². The van der Waals surface area contributed by atoms with Crippen molar-refractivity contribution >= 4 is 77.5 Å². The number of nitrogens with one attached hydrogen (secondary N) is 3. The number of likely N-dealkylation sites (tertiary alicyclic amines) is 1. The first kappa shape index (κ1) is 35.1. The highest BCUT2D eigenvalue weighted by Crippen LogP contribution is 2.18. The number of guanidine groups is 1. The summed E-state index contributed by atoms with van der Waals surface area (Å²) in [6.45, 7) is 2.34. The number of ketones is 1. The van der Waals surface area contributed by atoms with E-state index in [0.29, 0.717) is 32.4 Å². The van der Waals surface area contributed by atoms with Crippen molar-refractivity contribution in [2.75, 3.05) is 24.8 Å². The lowest BCUT2D eigenvalue weighted by Gasteiger charge is -2.26. The van der Waals surface area contributed by atoms with Gasteiger partial charge in [0.2, 0.25) is 11.8 Å². The number of halogens is 4. The molecule has 1 aliphatic heterocycles. The maximum atomic E-state index is 12.4. The average Bonchev–Trinajstić information content (AvgIpc) is 3.18. The third-order valence-corrected chi connectivity index (χ3v) is 4.72. The van der Waals surface area contributed by atoms with Crippen LogP contribution in [0.25, 0.3) is 0 Å². The van der Waals surface area contributed by atoms with Gasteiger partial charge in [-0.25, -0.2) is 4.79 Å². The molecule has 0 radical (unpaired) electrons. The molecule has 0 aliphatic carbocycles. The van der Waals surface area contributed by atoms with E-state index in [1.165, 1.54) is 4.90 Å². The molecule has 0 aromatic heterocycles. The van der Waals surface area contributed by atoms with Gasteiger partial charge in [-0.15, -0.1) is 48.0 Å². The molecule has 3 atom stereocenters. The number of nitrogens with zero attached hydrogens (tertiary/aromatic N) is 1. The number of nitrogens with two attached hydrogens (primary N) is 2. The first-order valence-corrected chi connectivity index (χ1v) is 10.4. The summed E-state index contributed by atoms with van der Waals surface area (Å²) in [7, 11) is 0. The zero-order valence-electron chi connectivity index (χ0n) is 17.6. The first-order valence-electron chi connectivity index (χ1n) is 9.35. The van der Waals surface area contributed by atoms with Crippen molar-refractivity contribution in [3.05, 3.63) is 0 Å². The summed E-state index contributed by atoms with van der Waals surface area (Å²) in [5, 5.41) is 21.3. The van der Waals surface area contributed by atoms with Crippen molar-refractivity contribution in [2.45, 2.75) is 50.7 Å². The van der Waals surface area contributed by atoms with Crippen LogP contribution in [-0.4, -0.2) is 82.5 Å². The van der Waals surface area contributed by atoms with Crippen LogP contribution in [0.2, 0.25) is 0 Å². The van der Waals surface area contributed by atoms with E-state index >= 15 is 0 Å². The molecule has 15 heteroatoms. The molecule has 8 N–H and O–H groups in total. The molecule has 188 valence electrons. The average molecular weight is 542 g/mol. The van der Waals surface area contributed by atoms with Gasteiger partial charge < -0.3 is 32.1 Å². The Morgan fingerprint density at radius 1 is 1.22 bits per heavy atom. The van der Waals surface area contributed by atoms with E-state index in [4.69, 9.17) is 40.1 Å². The smallest absolute Gasteiger partial charge is 0.326 e. The lowest BCUT2D eigenvalue weighted by Crippen LogP contribution is -2.53.